The first-order valence-electron chi connectivity index (χ1n) is 9.13. The lowest BCUT2D eigenvalue weighted by molar-refractivity contribution is 0.145. The standard InChI is InChI=1S/C19H17F3N8O/c1-19(2,8-23)9-26-17-27-16(31-3)14-13(11(20)7-30(14)28-17)10-4-24-18-25-5-12(15(21)22)29(18)6-10/h4-7,15H,9H2,1-3H3,(H,26,28). The Morgan fingerprint density at radius 3 is 2.68 bits per heavy atom. The van der Waals surface area contributed by atoms with Crippen LogP contribution < -0.4 is 10.1 Å². The maximum Gasteiger partial charge on any atom is 0.280 e. The van der Waals surface area contributed by atoms with Gasteiger partial charge in [0.05, 0.1) is 36.6 Å². The van der Waals surface area contributed by atoms with Crippen LogP contribution in [-0.4, -0.2) is 42.6 Å². The number of methoxy groups -OCH3 is 1. The van der Waals surface area contributed by atoms with E-state index in [0.717, 1.165) is 16.8 Å². The van der Waals surface area contributed by atoms with Crippen molar-refractivity contribution in [2.75, 3.05) is 19.0 Å². The molecule has 4 aromatic rings. The van der Waals surface area contributed by atoms with Crippen molar-refractivity contribution in [2.24, 2.45) is 5.41 Å². The van der Waals surface area contributed by atoms with E-state index in [9.17, 15) is 13.2 Å². The molecule has 4 rings (SSSR count). The summed E-state index contributed by atoms with van der Waals surface area (Å²) in [5.74, 6) is -0.400. The number of fused-ring (bicyclic) bond motifs is 2. The minimum absolute atomic E-state index is 0.0454. The topological polar surface area (TPSA) is 105 Å². The second-order valence-corrected chi connectivity index (χ2v) is 7.44. The summed E-state index contributed by atoms with van der Waals surface area (Å²) < 4.78 is 49.1. The lowest BCUT2D eigenvalue weighted by Gasteiger charge is -2.16. The van der Waals surface area contributed by atoms with E-state index < -0.39 is 17.7 Å². The Labute approximate surface area is 174 Å². The Balaban J connectivity index is 1.84. The predicted octanol–water partition coefficient (Wildman–Crippen LogP) is 3.49. The molecule has 0 atom stereocenters. The number of halogens is 3. The van der Waals surface area contributed by atoms with Crippen LogP contribution in [0.25, 0.3) is 22.4 Å². The summed E-state index contributed by atoms with van der Waals surface area (Å²) in [5.41, 5.74) is -0.565. The smallest absolute Gasteiger partial charge is 0.280 e. The van der Waals surface area contributed by atoms with Crippen LogP contribution in [0, 0.1) is 22.6 Å². The number of aromatic nitrogens is 6. The van der Waals surface area contributed by atoms with Gasteiger partial charge in [0.2, 0.25) is 17.6 Å². The number of ether oxygens (including phenoxy) is 1. The van der Waals surface area contributed by atoms with E-state index in [0.29, 0.717) is 0 Å². The SMILES string of the molecule is COc1nc(NCC(C)(C)C#N)nn2cc(F)c(-c3cnc4ncc(C(F)F)n4c3)c12. The number of alkyl halides is 2. The van der Waals surface area contributed by atoms with Crippen LogP contribution in [0.4, 0.5) is 19.1 Å². The van der Waals surface area contributed by atoms with Crippen LogP contribution in [0.3, 0.4) is 0 Å². The van der Waals surface area contributed by atoms with Crippen molar-refractivity contribution in [1.82, 2.24) is 29.0 Å². The number of nitriles is 1. The van der Waals surface area contributed by atoms with Crippen molar-refractivity contribution in [2.45, 2.75) is 20.3 Å². The highest BCUT2D eigenvalue weighted by molar-refractivity contribution is 5.84. The normalized spacial score (nSPS) is 11.9. The van der Waals surface area contributed by atoms with E-state index in [1.807, 2.05) is 0 Å². The van der Waals surface area contributed by atoms with Crippen LogP contribution >= 0.6 is 0 Å². The number of imidazole rings is 1. The van der Waals surface area contributed by atoms with Crippen molar-refractivity contribution in [1.29, 1.82) is 5.26 Å². The number of nitrogens with one attached hydrogen (secondary N) is 1. The number of rotatable bonds is 6. The van der Waals surface area contributed by atoms with Crippen LogP contribution in [0.15, 0.2) is 24.8 Å². The van der Waals surface area contributed by atoms with Gasteiger partial charge in [-0.15, -0.1) is 5.10 Å². The molecule has 0 bridgehead atoms. The molecule has 0 unspecified atom stereocenters. The molecule has 9 nitrogen and oxygen atoms in total. The lowest BCUT2D eigenvalue weighted by Crippen LogP contribution is -2.22. The van der Waals surface area contributed by atoms with Crippen molar-refractivity contribution < 1.29 is 17.9 Å². The largest absolute Gasteiger partial charge is 0.479 e. The third-order valence-corrected chi connectivity index (χ3v) is 4.64. The van der Waals surface area contributed by atoms with Crippen LogP contribution in [-0.2, 0) is 0 Å². The molecule has 4 heterocycles. The molecule has 0 aliphatic rings. The number of hydrogen-bond donors (Lipinski definition) is 1. The summed E-state index contributed by atoms with van der Waals surface area (Å²) >= 11 is 0. The third-order valence-electron chi connectivity index (χ3n) is 4.64. The van der Waals surface area contributed by atoms with E-state index in [4.69, 9.17) is 10.00 Å². The second-order valence-electron chi connectivity index (χ2n) is 7.44. The fourth-order valence-corrected chi connectivity index (χ4v) is 3.03. The van der Waals surface area contributed by atoms with Crippen LogP contribution in [0.2, 0.25) is 0 Å². The average molecular weight is 430 g/mol. The summed E-state index contributed by atoms with van der Waals surface area (Å²) in [7, 11) is 1.37. The number of hydrogen-bond acceptors (Lipinski definition) is 7. The van der Waals surface area contributed by atoms with E-state index >= 15 is 0 Å². The highest BCUT2D eigenvalue weighted by Gasteiger charge is 2.23. The van der Waals surface area contributed by atoms with Crippen LogP contribution in [0.5, 0.6) is 5.88 Å². The number of nitrogens with zero attached hydrogens (tertiary/aromatic N) is 7. The third kappa shape index (κ3) is 3.58. The summed E-state index contributed by atoms with van der Waals surface area (Å²) in [5, 5.41) is 16.3. The Morgan fingerprint density at radius 1 is 1.26 bits per heavy atom. The zero-order chi connectivity index (χ0) is 22.3. The van der Waals surface area contributed by atoms with Crippen LogP contribution in [0.1, 0.15) is 26.0 Å². The summed E-state index contributed by atoms with van der Waals surface area (Å²) in [6, 6.07) is 2.15. The zero-order valence-electron chi connectivity index (χ0n) is 16.8. The molecular weight excluding hydrogens is 413 g/mol. The van der Waals surface area contributed by atoms with Crippen molar-refractivity contribution in [3.63, 3.8) is 0 Å². The zero-order valence-corrected chi connectivity index (χ0v) is 16.8. The first-order valence-corrected chi connectivity index (χ1v) is 9.13. The predicted molar refractivity (Wildman–Crippen MR) is 104 cm³/mol. The van der Waals surface area contributed by atoms with Gasteiger partial charge in [0.15, 0.2) is 5.82 Å². The van der Waals surface area contributed by atoms with E-state index in [1.165, 1.54) is 24.0 Å². The maximum atomic E-state index is 14.9. The van der Waals surface area contributed by atoms with E-state index in [-0.39, 0.29) is 46.5 Å². The summed E-state index contributed by atoms with van der Waals surface area (Å²) in [6.45, 7) is 3.75. The molecule has 0 fully saturated rings. The number of anilines is 1. The first kappa shape index (κ1) is 20.4. The van der Waals surface area contributed by atoms with Gasteiger partial charge < -0.3 is 10.1 Å². The maximum absolute atomic E-state index is 14.9. The highest BCUT2D eigenvalue weighted by atomic mass is 19.3. The highest BCUT2D eigenvalue weighted by Crippen LogP contribution is 2.34. The van der Waals surface area contributed by atoms with Crippen molar-refractivity contribution >= 4 is 17.2 Å². The lowest BCUT2D eigenvalue weighted by atomic mass is 9.96. The summed E-state index contributed by atoms with van der Waals surface area (Å²) in [6.07, 6.45) is 2.04. The quantitative estimate of drug-likeness (QED) is 0.499. The molecule has 0 saturated carbocycles. The van der Waals surface area contributed by atoms with Gasteiger partial charge >= 0.3 is 0 Å². The van der Waals surface area contributed by atoms with Crippen molar-refractivity contribution in [3.05, 3.63) is 36.3 Å². The molecule has 0 aliphatic carbocycles. The molecule has 12 heteroatoms. The molecule has 0 spiro atoms. The van der Waals surface area contributed by atoms with Gasteiger partial charge in [0.25, 0.3) is 6.43 Å². The fourth-order valence-electron chi connectivity index (χ4n) is 3.03. The van der Waals surface area contributed by atoms with Gasteiger partial charge in [-0.3, -0.25) is 4.40 Å². The first-order chi connectivity index (χ1) is 14.7. The molecule has 0 radical (unpaired) electrons. The van der Waals surface area contributed by atoms with Gasteiger partial charge in [-0.25, -0.2) is 27.7 Å². The molecule has 1 N–H and O–H groups in total. The summed E-state index contributed by atoms with van der Waals surface area (Å²) in [4.78, 5) is 12.1. The van der Waals surface area contributed by atoms with Gasteiger partial charge in [-0.2, -0.15) is 10.2 Å². The second kappa shape index (κ2) is 7.42. The van der Waals surface area contributed by atoms with Gasteiger partial charge in [0, 0.05) is 24.5 Å². The van der Waals surface area contributed by atoms with Crippen molar-refractivity contribution in [3.8, 4) is 23.1 Å². The molecule has 160 valence electrons. The average Bonchev–Trinajstić information content (AvgIpc) is 3.31. The fraction of sp³-hybridized carbons (Fsp3) is 0.316. The van der Waals surface area contributed by atoms with Gasteiger partial charge in [-0.05, 0) is 13.8 Å². The molecular formula is C19H17F3N8O. The Hall–Kier alpha value is -3.88. The molecule has 0 amide bonds. The van der Waals surface area contributed by atoms with Gasteiger partial charge in [0.1, 0.15) is 11.2 Å². The van der Waals surface area contributed by atoms with E-state index in [1.54, 1.807) is 13.8 Å². The Morgan fingerprint density at radius 2 is 2.00 bits per heavy atom. The molecule has 31 heavy (non-hydrogen) atoms. The minimum Gasteiger partial charge on any atom is -0.479 e. The van der Waals surface area contributed by atoms with Gasteiger partial charge in [-0.1, -0.05) is 0 Å². The van der Waals surface area contributed by atoms with E-state index in [2.05, 4.69) is 31.4 Å². The monoisotopic (exact) mass is 430 g/mol. The Kier molecular flexibility index (Phi) is 4.88. The molecule has 4 aromatic heterocycles. The Bertz CT molecular complexity index is 1320. The molecule has 0 aliphatic heterocycles. The molecule has 0 aromatic carbocycles. The minimum atomic E-state index is -2.77. The molecule has 0 saturated heterocycles.